The number of carbonyl (C=O) groups excluding carboxylic acids is 2. The minimum atomic E-state index is -0.472. The van der Waals surface area contributed by atoms with E-state index in [-0.39, 0.29) is 37.2 Å². The monoisotopic (exact) mass is 306 g/mol. The number of fused-ring (bicyclic) bond motifs is 1. The summed E-state index contributed by atoms with van der Waals surface area (Å²) < 4.78 is 16.0. The van der Waals surface area contributed by atoms with Gasteiger partial charge in [-0.05, 0) is 32.4 Å². The van der Waals surface area contributed by atoms with Crippen molar-refractivity contribution in [2.24, 2.45) is 11.3 Å². The molecule has 5 heteroatoms. The molecular formula is C17H22O5. The molecule has 2 rings (SSSR count). The molecule has 2 unspecified atom stereocenters. The molecule has 0 radical (unpaired) electrons. The SMILES string of the molecule is CCC(C)(C)C(=O)OCCOC1=CC2OC(=O)C=CC2C=C1. The largest absolute Gasteiger partial charge is 0.490 e. The molecule has 0 aromatic heterocycles. The zero-order valence-electron chi connectivity index (χ0n) is 13.2. The first-order valence-electron chi connectivity index (χ1n) is 7.51. The van der Waals surface area contributed by atoms with E-state index in [4.69, 9.17) is 14.2 Å². The third-order valence-electron chi connectivity index (χ3n) is 3.92. The van der Waals surface area contributed by atoms with Crippen molar-refractivity contribution in [2.45, 2.75) is 33.3 Å². The summed E-state index contributed by atoms with van der Waals surface area (Å²) in [5.41, 5.74) is -0.472. The van der Waals surface area contributed by atoms with Crippen molar-refractivity contribution in [3.05, 3.63) is 36.1 Å². The van der Waals surface area contributed by atoms with E-state index >= 15 is 0 Å². The summed E-state index contributed by atoms with van der Waals surface area (Å²) in [5, 5.41) is 0. The van der Waals surface area contributed by atoms with Gasteiger partial charge in [0.05, 0.1) is 5.41 Å². The van der Waals surface area contributed by atoms with E-state index in [0.717, 1.165) is 6.42 Å². The van der Waals surface area contributed by atoms with Crippen LogP contribution in [0.25, 0.3) is 0 Å². The zero-order valence-corrected chi connectivity index (χ0v) is 13.2. The number of rotatable bonds is 6. The van der Waals surface area contributed by atoms with Gasteiger partial charge in [0, 0.05) is 12.0 Å². The first kappa shape index (κ1) is 16.3. The quantitative estimate of drug-likeness (QED) is 0.557. The fourth-order valence-corrected chi connectivity index (χ4v) is 2.02. The molecule has 22 heavy (non-hydrogen) atoms. The molecule has 0 aromatic rings. The number of carbonyl (C=O) groups is 2. The fourth-order valence-electron chi connectivity index (χ4n) is 2.02. The maximum absolute atomic E-state index is 11.8. The topological polar surface area (TPSA) is 61.8 Å². The highest BCUT2D eigenvalue weighted by molar-refractivity contribution is 5.83. The van der Waals surface area contributed by atoms with Crippen molar-refractivity contribution in [2.75, 3.05) is 13.2 Å². The Morgan fingerprint density at radius 2 is 2.00 bits per heavy atom. The average Bonchev–Trinajstić information content (AvgIpc) is 2.50. The predicted octanol–water partition coefficient (Wildman–Crippen LogP) is 2.53. The maximum Gasteiger partial charge on any atom is 0.331 e. The summed E-state index contributed by atoms with van der Waals surface area (Å²) >= 11 is 0. The summed E-state index contributed by atoms with van der Waals surface area (Å²) in [6, 6.07) is 0. The highest BCUT2D eigenvalue weighted by Gasteiger charge is 2.27. The van der Waals surface area contributed by atoms with Crippen LogP contribution < -0.4 is 0 Å². The molecule has 120 valence electrons. The number of hydrogen-bond donors (Lipinski definition) is 0. The van der Waals surface area contributed by atoms with E-state index in [1.807, 2.05) is 39.0 Å². The Bertz CT molecular complexity index is 527. The van der Waals surface area contributed by atoms with Gasteiger partial charge < -0.3 is 14.2 Å². The van der Waals surface area contributed by atoms with Gasteiger partial charge in [-0.15, -0.1) is 0 Å². The van der Waals surface area contributed by atoms with Crippen LogP contribution in [-0.2, 0) is 23.8 Å². The van der Waals surface area contributed by atoms with Gasteiger partial charge >= 0.3 is 11.9 Å². The molecule has 1 aliphatic carbocycles. The Morgan fingerprint density at radius 3 is 2.73 bits per heavy atom. The van der Waals surface area contributed by atoms with Crippen molar-refractivity contribution in [3.8, 4) is 0 Å². The van der Waals surface area contributed by atoms with E-state index < -0.39 is 5.41 Å². The summed E-state index contributed by atoms with van der Waals surface area (Å²) in [6.07, 6.45) is 9.18. The number of esters is 2. The van der Waals surface area contributed by atoms with Gasteiger partial charge in [0.1, 0.15) is 25.1 Å². The molecule has 1 aliphatic heterocycles. The lowest BCUT2D eigenvalue weighted by molar-refractivity contribution is -0.155. The Morgan fingerprint density at radius 1 is 1.27 bits per heavy atom. The van der Waals surface area contributed by atoms with Gasteiger partial charge in [-0.2, -0.15) is 0 Å². The molecule has 0 aromatic carbocycles. The standard InChI is InChI=1S/C17H22O5/c1-4-17(2,3)16(19)21-10-9-20-13-7-5-12-6-8-15(18)22-14(12)11-13/h5-8,11-12,14H,4,9-10H2,1-3H3. The fraction of sp³-hybridized carbons (Fsp3) is 0.529. The van der Waals surface area contributed by atoms with Crippen LogP contribution in [0.15, 0.2) is 36.1 Å². The van der Waals surface area contributed by atoms with Crippen LogP contribution in [0.1, 0.15) is 27.2 Å². The third-order valence-corrected chi connectivity index (χ3v) is 3.92. The van der Waals surface area contributed by atoms with E-state index in [2.05, 4.69) is 0 Å². The molecule has 2 aliphatic rings. The molecule has 1 heterocycles. The van der Waals surface area contributed by atoms with E-state index in [9.17, 15) is 9.59 Å². The van der Waals surface area contributed by atoms with Crippen LogP contribution in [0.5, 0.6) is 0 Å². The Labute approximate surface area is 130 Å². The maximum atomic E-state index is 11.8. The molecule has 2 atom stereocenters. The summed E-state index contributed by atoms with van der Waals surface area (Å²) in [4.78, 5) is 23.0. The van der Waals surface area contributed by atoms with Crippen molar-refractivity contribution in [3.63, 3.8) is 0 Å². The average molecular weight is 306 g/mol. The minimum absolute atomic E-state index is 0.0632. The Hall–Kier alpha value is -2.04. The van der Waals surface area contributed by atoms with Crippen molar-refractivity contribution >= 4 is 11.9 Å². The van der Waals surface area contributed by atoms with Gasteiger partial charge in [0.25, 0.3) is 0 Å². The normalized spacial score (nSPS) is 23.4. The summed E-state index contributed by atoms with van der Waals surface area (Å²) in [6.45, 7) is 6.12. The van der Waals surface area contributed by atoms with Gasteiger partial charge in [-0.1, -0.05) is 19.1 Å². The molecule has 0 spiro atoms. The van der Waals surface area contributed by atoms with E-state index in [0.29, 0.717) is 5.76 Å². The van der Waals surface area contributed by atoms with Crippen molar-refractivity contribution in [1.29, 1.82) is 0 Å². The molecule has 0 saturated heterocycles. The summed E-state index contributed by atoms with van der Waals surface area (Å²) in [5.74, 6) is 0.115. The molecule has 0 amide bonds. The van der Waals surface area contributed by atoms with Crippen LogP contribution >= 0.6 is 0 Å². The van der Waals surface area contributed by atoms with Crippen LogP contribution in [0.3, 0.4) is 0 Å². The van der Waals surface area contributed by atoms with Gasteiger partial charge in [-0.3, -0.25) is 4.79 Å². The number of allylic oxidation sites excluding steroid dienone is 1. The number of ether oxygens (including phenoxy) is 3. The first-order chi connectivity index (χ1) is 10.4. The Kier molecular flexibility index (Phi) is 5.06. The summed E-state index contributed by atoms with van der Waals surface area (Å²) in [7, 11) is 0. The second-order valence-corrected chi connectivity index (χ2v) is 5.99. The lowest BCUT2D eigenvalue weighted by atomic mass is 9.91. The molecular weight excluding hydrogens is 284 g/mol. The zero-order chi connectivity index (χ0) is 16.2. The molecule has 0 fully saturated rings. The lowest BCUT2D eigenvalue weighted by Crippen LogP contribution is -2.28. The smallest absolute Gasteiger partial charge is 0.331 e. The second kappa shape index (κ2) is 6.81. The number of hydrogen-bond acceptors (Lipinski definition) is 5. The van der Waals surface area contributed by atoms with Gasteiger partial charge in [-0.25, -0.2) is 4.79 Å². The Balaban J connectivity index is 1.77. The van der Waals surface area contributed by atoms with E-state index in [1.165, 1.54) is 6.08 Å². The first-order valence-corrected chi connectivity index (χ1v) is 7.51. The molecule has 0 saturated carbocycles. The van der Waals surface area contributed by atoms with Crippen molar-refractivity contribution < 1.29 is 23.8 Å². The molecule has 0 bridgehead atoms. The van der Waals surface area contributed by atoms with Crippen LogP contribution in [0.2, 0.25) is 0 Å². The van der Waals surface area contributed by atoms with Gasteiger partial charge in [0.2, 0.25) is 0 Å². The highest BCUT2D eigenvalue weighted by atomic mass is 16.6. The minimum Gasteiger partial charge on any atom is -0.490 e. The van der Waals surface area contributed by atoms with Gasteiger partial charge in [0.15, 0.2) is 0 Å². The molecule has 0 N–H and O–H groups in total. The molecule has 5 nitrogen and oxygen atoms in total. The lowest BCUT2D eigenvalue weighted by Gasteiger charge is -2.26. The van der Waals surface area contributed by atoms with Crippen LogP contribution in [0, 0.1) is 11.3 Å². The highest BCUT2D eigenvalue weighted by Crippen LogP contribution is 2.25. The van der Waals surface area contributed by atoms with Crippen LogP contribution in [0.4, 0.5) is 0 Å². The van der Waals surface area contributed by atoms with E-state index in [1.54, 1.807) is 6.08 Å². The van der Waals surface area contributed by atoms with Crippen molar-refractivity contribution in [1.82, 2.24) is 0 Å². The third kappa shape index (κ3) is 4.00. The second-order valence-electron chi connectivity index (χ2n) is 5.99. The predicted molar refractivity (Wildman–Crippen MR) is 80.7 cm³/mol. The van der Waals surface area contributed by atoms with Crippen LogP contribution in [-0.4, -0.2) is 31.3 Å².